The van der Waals surface area contributed by atoms with Gasteiger partial charge in [-0.3, -0.25) is 10.3 Å². The van der Waals surface area contributed by atoms with Crippen LogP contribution in [0.15, 0.2) is 24.4 Å². The predicted molar refractivity (Wildman–Crippen MR) is 56.8 cm³/mol. The summed E-state index contributed by atoms with van der Waals surface area (Å²) < 4.78 is 0. The topological polar surface area (TPSA) is 21.3 Å². The molecule has 0 aliphatic heterocycles. The average Bonchev–Trinajstić information content (AvgIpc) is 2.12. The van der Waals surface area contributed by atoms with Crippen LogP contribution in [0.3, 0.4) is 0 Å². The van der Waals surface area contributed by atoms with Gasteiger partial charge in [0.2, 0.25) is 0 Å². The maximum absolute atomic E-state index is 4.59. The molecule has 2 nitrogen and oxygen atoms in total. The summed E-state index contributed by atoms with van der Waals surface area (Å²) >= 11 is 0. The van der Waals surface area contributed by atoms with Gasteiger partial charge >= 0.3 is 0 Å². The normalized spacial score (nSPS) is 8.33. The molecule has 0 saturated heterocycles. The molecule has 0 bridgehead atoms. The zero-order chi connectivity index (χ0) is 10.4. The highest BCUT2D eigenvalue weighted by atomic mass is 16.6. The summed E-state index contributed by atoms with van der Waals surface area (Å²) in [5.41, 5.74) is 3.58. The van der Waals surface area contributed by atoms with Crippen molar-refractivity contribution in [3.05, 3.63) is 24.4 Å². The SMILES string of the molecule is C=C/C=C(\C)NOC.CC.CC. The van der Waals surface area contributed by atoms with Crippen molar-refractivity contribution in [1.82, 2.24) is 5.48 Å². The van der Waals surface area contributed by atoms with Crippen molar-refractivity contribution >= 4 is 0 Å². The first-order valence-electron chi connectivity index (χ1n) is 4.39. The maximum Gasteiger partial charge on any atom is 0.0636 e. The largest absolute Gasteiger partial charge is 0.280 e. The Hall–Kier alpha value is -0.760. The van der Waals surface area contributed by atoms with E-state index in [0.717, 1.165) is 5.70 Å². The van der Waals surface area contributed by atoms with Crippen molar-refractivity contribution in [2.24, 2.45) is 0 Å². The number of hydroxylamine groups is 1. The summed E-state index contributed by atoms with van der Waals surface area (Å²) in [7, 11) is 1.57. The Morgan fingerprint density at radius 3 is 1.92 bits per heavy atom. The van der Waals surface area contributed by atoms with Crippen LogP contribution in [0.25, 0.3) is 0 Å². The minimum absolute atomic E-state index is 0.947. The molecule has 0 atom stereocenters. The van der Waals surface area contributed by atoms with Crippen molar-refractivity contribution < 1.29 is 4.84 Å². The van der Waals surface area contributed by atoms with Gasteiger partial charge in [0.15, 0.2) is 0 Å². The summed E-state index contributed by atoms with van der Waals surface area (Å²) in [6.45, 7) is 13.4. The Balaban J connectivity index is -0.000000175. The van der Waals surface area contributed by atoms with Crippen LogP contribution in [-0.4, -0.2) is 7.11 Å². The predicted octanol–water partition coefficient (Wildman–Crippen LogP) is 3.28. The van der Waals surface area contributed by atoms with Crippen LogP contribution in [0.1, 0.15) is 34.6 Å². The van der Waals surface area contributed by atoms with Gasteiger partial charge < -0.3 is 0 Å². The van der Waals surface area contributed by atoms with Gasteiger partial charge in [-0.25, -0.2) is 0 Å². The molecule has 0 amide bonds. The van der Waals surface area contributed by atoms with Gasteiger partial charge in [0.1, 0.15) is 0 Å². The van der Waals surface area contributed by atoms with Gasteiger partial charge in [-0.15, -0.1) is 0 Å². The summed E-state index contributed by atoms with van der Waals surface area (Å²) in [6, 6.07) is 0. The first kappa shape index (κ1) is 17.4. The highest BCUT2D eigenvalue weighted by Gasteiger charge is 1.77. The third-order valence-electron chi connectivity index (χ3n) is 0.631. The molecule has 0 aromatic heterocycles. The van der Waals surface area contributed by atoms with Crippen molar-refractivity contribution in [3.8, 4) is 0 Å². The first-order valence-corrected chi connectivity index (χ1v) is 4.39. The fraction of sp³-hybridized carbons (Fsp3) is 0.600. The van der Waals surface area contributed by atoms with E-state index in [1.807, 2.05) is 40.7 Å². The molecule has 74 valence electrons. The zero-order valence-corrected chi connectivity index (χ0v) is 9.27. The Kier molecular flexibility index (Phi) is 32.5. The zero-order valence-electron chi connectivity index (χ0n) is 9.27. The summed E-state index contributed by atoms with van der Waals surface area (Å²) in [5.74, 6) is 0. The van der Waals surface area contributed by atoms with Crippen LogP contribution in [0.5, 0.6) is 0 Å². The highest BCUT2D eigenvalue weighted by molar-refractivity contribution is 5.04. The smallest absolute Gasteiger partial charge is 0.0636 e. The van der Waals surface area contributed by atoms with E-state index in [2.05, 4.69) is 16.9 Å². The van der Waals surface area contributed by atoms with Gasteiger partial charge in [-0.1, -0.05) is 40.3 Å². The summed E-state index contributed by atoms with van der Waals surface area (Å²) in [5, 5.41) is 0. The van der Waals surface area contributed by atoms with Crippen LogP contribution in [0.4, 0.5) is 0 Å². The molecule has 0 heterocycles. The van der Waals surface area contributed by atoms with E-state index in [4.69, 9.17) is 0 Å². The minimum atomic E-state index is 0.947. The average molecular weight is 173 g/mol. The van der Waals surface area contributed by atoms with Crippen LogP contribution in [-0.2, 0) is 4.84 Å². The molecule has 1 N–H and O–H groups in total. The van der Waals surface area contributed by atoms with Crippen molar-refractivity contribution in [3.63, 3.8) is 0 Å². The lowest BCUT2D eigenvalue weighted by atomic mass is 10.4. The Labute approximate surface area is 77.3 Å². The van der Waals surface area contributed by atoms with Crippen LogP contribution in [0.2, 0.25) is 0 Å². The Morgan fingerprint density at radius 1 is 1.25 bits per heavy atom. The van der Waals surface area contributed by atoms with Crippen molar-refractivity contribution in [2.45, 2.75) is 34.6 Å². The molecule has 0 unspecified atom stereocenters. The summed E-state index contributed by atoms with van der Waals surface area (Å²) in [6.07, 6.45) is 3.52. The van der Waals surface area contributed by atoms with E-state index in [9.17, 15) is 0 Å². The van der Waals surface area contributed by atoms with E-state index in [0.29, 0.717) is 0 Å². The molecule has 0 radical (unpaired) electrons. The maximum atomic E-state index is 4.59. The first-order chi connectivity index (χ1) is 5.81. The van der Waals surface area contributed by atoms with Gasteiger partial charge in [-0.05, 0) is 13.0 Å². The molecule has 0 aromatic rings. The lowest BCUT2D eigenvalue weighted by Crippen LogP contribution is -2.07. The van der Waals surface area contributed by atoms with E-state index in [-0.39, 0.29) is 0 Å². The van der Waals surface area contributed by atoms with Crippen LogP contribution in [0, 0.1) is 0 Å². The molecule has 2 heteroatoms. The molecule has 0 spiro atoms. The van der Waals surface area contributed by atoms with Crippen molar-refractivity contribution in [2.75, 3.05) is 7.11 Å². The molecule has 0 aliphatic rings. The second-order valence-corrected chi connectivity index (χ2v) is 1.39. The lowest BCUT2D eigenvalue weighted by Gasteiger charge is -1.98. The number of hydrogen-bond acceptors (Lipinski definition) is 2. The summed E-state index contributed by atoms with van der Waals surface area (Å²) in [4.78, 5) is 4.59. The van der Waals surface area contributed by atoms with E-state index >= 15 is 0 Å². The third kappa shape index (κ3) is 22.8. The standard InChI is InChI=1S/C6H11NO.2C2H6/c1-4-5-6(2)7-8-3;2*1-2/h4-5,7H,1H2,2-3H3;2*1-2H3/b6-5+;;. The molecular formula is C10H23NO. The third-order valence-corrected chi connectivity index (χ3v) is 0.631. The second kappa shape index (κ2) is 22.5. The molecule has 0 rings (SSSR count). The highest BCUT2D eigenvalue weighted by Crippen LogP contribution is 1.83. The second-order valence-electron chi connectivity index (χ2n) is 1.39. The van der Waals surface area contributed by atoms with E-state index in [1.165, 1.54) is 0 Å². The molecule has 0 aromatic carbocycles. The molecule has 0 saturated carbocycles. The van der Waals surface area contributed by atoms with Crippen LogP contribution < -0.4 is 5.48 Å². The Morgan fingerprint density at radius 2 is 1.67 bits per heavy atom. The fourth-order valence-corrected chi connectivity index (χ4v) is 0.372. The number of allylic oxidation sites excluding steroid dienone is 3. The van der Waals surface area contributed by atoms with E-state index < -0.39 is 0 Å². The van der Waals surface area contributed by atoms with Gasteiger partial charge in [0.25, 0.3) is 0 Å². The number of rotatable bonds is 3. The molecular weight excluding hydrogens is 150 g/mol. The monoisotopic (exact) mass is 173 g/mol. The fourth-order valence-electron chi connectivity index (χ4n) is 0.372. The van der Waals surface area contributed by atoms with Gasteiger partial charge in [0.05, 0.1) is 7.11 Å². The van der Waals surface area contributed by atoms with Gasteiger partial charge in [-0.2, -0.15) is 0 Å². The number of hydrogen-bond donors (Lipinski definition) is 1. The lowest BCUT2D eigenvalue weighted by molar-refractivity contribution is 0.118. The van der Waals surface area contributed by atoms with Gasteiger partial charge in [0, 0.05) is 5.70 Å². The Bertz CT molecular complexity index is 98.0. The molecule has 0 aliphatic carbocycles. The molecule has 12 heavy (non-hydrogen) atoms. The number of nitrogens with one attached hydrogen (secondary N) is 1. The van der Waals surface area contributed by atoms with Crippen LogP contribution >= 0.6 is 0 Å². The molecule has 0 fully saturated rings. The van der Waals surface area contributed by atoms with E-state index in [1.54, 1.807) is 13.2 Å². The minimum Gasteiger partial charge on any atom is -0.280 e. The van der Waals surface area contributed by atoms with Crippen molar-refractivity contribution in [1.29, 1.82) is 0 Å². The quantitative estimate of drug-likeness (QED) is 0.522.